The monoisotopic (exact) mass is 337 g/mol. The summed E-state index contributed by atoms with van der Waals surface area (Å²) in [7, 11) is 0. The summed E-state index contributed by atoms with van der Waals surface area (Å²) in [4.78, 5) is 22.1. The molecule has 1 saturated heterocycles. The lowest BCUT2D eigenvalue weighted by molar-refractivity contribution is -0.138. The molecule has 0 atom stereocenters. The van der Waals surface area contributed by atoms with Gasteiger partial charge >= 0.3 is 0 Å². The van der Waals surface area contributed by atoms with E-state index in [0.717, 1.165) is 50.4 Å². The molecule has 0 bridgehead atoms. The molecule has 1 aromatic carbocycles. The number of hydrogen-bond acceptors (Lipinski definition) is 3. The van der Waals surface area contributed by atoms with Crippen LogP contribution in [0.15, 0.2) is 54.7 Å². The number of carbonyl (C=O) groups is 1. The van der Waals surface area contributed by atoms with Crippen LogP contribution >= 0.6 is 0 Å². The molecule has 1 aliphatic heterocycles. The minimum Gasteiger partial charge on any atom is -0.353 e. The van der Waals surface area contributed by atoms with Crippen molar-refractivity contribution < 1.29 is 4.79 Å². The first-order chi connectivity index (χ1) is 12.2. The van der Waals surface area contributed by atoms with Gasteiger partial charge in [0.05, 0.1) is 5.41 Å². The van der Waals surface area contributed by atoms with E-state index in [1.165, 1.54) is 0 Å². The molecule has 2 heterocycles. The predicted molar refractivity (Wildman–Crippen MR) is 102 cm³/mol. The van der Waals surface area contributed by atoms with E-state index in [4.69, 9.17) is 0 Å². The number of nitrogens with zero attached hydrogens (tertiary/aromatic N) is 3. The van der Waals surface area contributed by atoms with E-state index < -0.39 is 5.41 Å². The second-order valence-electron chi connectivity index (χ2n) is 6.62. The van der Waals surface area contributed by atoms with Crippen LogP contribution in [-0.4, -0.2) is 42.0 Å². The van der Waals surface area contributed by atoms with Crippen molar-refractivity contribution in [2.75, 3.05) is 31.1 Å². The van der Waals surface area contributed by atoms with Gasteiger partial charge in [0, 0.05) is 32.4 Å². The zero-order valence-corrected chi connectivity index (χ0v) is 15.2. The van der Waals surface area contributed by atoms with Crippen molar-refractivity contribution in [1.82, 2.24) is 9.88 Å². The third-order valence-electron chi connectivity index (χ3n) is 5.48. The van der Waals surface area contributed by atoms with Crippen molar-refractivity contribution in [3.8, 4) is 0 Å². The predicted octanol–water partition coefficient (Wildman–Crippen LogP) is 3.49. The summed E-state index contributed by atoms with van der Waals surface area (Å²) in [6.07, 6.45) is 3.47. The van der Waals surface area contributed by atoms with E-state index in [9.17, 15) is 4.79 Å². The van der Waals surface area contributed by atoms with E-state index in [0.29, 0.717) is 0 Å². The van der Waals surface area contributed by atoms with E-state index in [-0.39, 0.29) is 5.91 Å². The van der Waals surface area contributed by atoms with Gasteiger partial charge in [-0.2, -0.15) is 0 Å². The van der Waals surface area contributed by atoms with Crippen LogP contribution in [0, 0.1) is 0 Å². The van der Waals surface area contributed by atoms with Gasteiger partial charge in [0.2, 0.25) is 5.91 Å². The minimum absolute atomic E-state index is 0.268. The quantitative estimate of drug-likeness (QED) is 0.838. The highest BCUT2D eigenvalue weighted by Gasteiger charge is 2.40. The van der Waals surface area contributed by atoms with Crippen molar-refractivity contribution >= 4 is 11.7 Å². The summed E-state index contributed by atoms with van der Waals surface area (Å²) in [5, 5.41) is 0. The lowest BCUT2D eigenvalue weighted by Crippen LogP contribution is -2.54. The molecule has 1 aromatic heterocycles. The zero-order chi connectivity index (χ0) is 17.7. The molecule has 0 spiro atoms. The highest BCUT2D eigenvalue weighted by Crippen LogP contribution is 2.34. The normalized spacial score (nSPS) is 15.3. The van der Waals surface area contributed by atoms with E-state index in [1.807, 2.05) is 47.5 Å². The van der Waals surface area contributed by atoms with Gasteiger partial charge in [-0.15, -0.1) is 0 Å². The first-order valence-electron chi connectivity index (χ1n) is 9.22. The fraction of sp³-hybridized carbons (Fsp3) is 0.429. The van der Waals surface area contributed by atoms with Gasteiger partial charge < -0.3 is 9.80 Å². The van der Waals surface area contributed by atoms with Crippen LogP contribution in [0.1, 0.15) is 32.3 Å². The number of benzene rings is 1. The topological polar surface area (TPSA) is 36.4 Å². The standard InChI is InChI=1S/C21H27N3O/c1-3-21(4-2,18-10-6-5-7-11-18)20(25)24-16-14-23(15-17-24)19-12-8-9-13-22-19/h5-13H,3-4,14-17H2,1-2H3. The number of piperazine rings is 1. The number of pyridine rings is 1. The maximum absolute atomic E-state index is 13.4. The lowest BCUT2D eigenvalue weighted by atomic mass is 9.74. The third kappa shape index (κ3) is 3.39. The van der Waals surface area contributed by atoms with Gasteiger partial charge in [0.15, 0.2) is 0 Å². The fourth-order valence-electron chi connectivity index (χ4n) is 3.82. The molecule has 25 heavy (non-hydrogen) atoms. The minimum atomic E-state index is -0.408. The van der Waals surface area contributed by atoms with Crippen molar-refractivity contribution in [1.29, 1.82) is 0 Å². The number of amides is 1. The Morgan fingerprint density at radius 2 is 1.60 bits per heavy atom. The first-order valence-corrected chi connectivity index (χ1v) is 9.22. The second kappa shape index (κ2) is 7.68. The molecule has 0 aliphatic carbocycles. The largest absolute Gasteiger partial charge is 0.353 e. The fourth-order valence-corrected chi connectivity index (χ4v) is 3.82. The molecule has 0 N–H and O–H groups in total. The van der Waals surface area contributed by atoms with Crippen LogP contribution in [-0.2, 0) is 10.2 Å². The summed E-state index contributed by atoms with van der Waals surface area (Å²) >= 11 is 0. The summed E-state index contributed by atoms with van der Waals surface area (Å²) in [5.74, 6) is 1.26. The molecule has 132 valence electrons. The van der Waals surface area contributed by atoms with E-state index in [1.54, 1.807) is 0 Å². The number of carbonyl (C=O) groups excluding carboxylic acids is 1. The Labute approximate surface area is 150 Å². The smallest absolute Gasteiger partial charge is 0.233 e. The average molecular weight is 337 g/mol. The molecule has 1 fully saturated rings. The van der Waals surface area contributed by atoms with Gasteiger partial charge in [-0.3, -0.25) is 4.79 Å². The average Bonchev–Trinajstić information content (AvgIpc) is 2.71. The Kier molecular flexibility index (Phi) is 5.37. The van der Waals surface area contributed by atoms with Gasteiger partial charge in [-0.25, -0.2) is 4.98 Å². The Bertz CT molecular complexity index is 675. The summed E-state index contributed by atoms with van der Waals surface area (Å²) in [6, 6.07) is 16.2. The Morgan fingerprint density at radius 3 is 2.16 bits per heavy atom. The van der Waals surface area contributed by atoms with Crippen LogP contribution in [0.2, 0.25) is 0 Å². The SMILES string of the molecule is CCC(CC)(C(=O)N1CCN(c2ccccn2)CC1)c1ccccc1. The molecule has 4 nitrogen and oxygen atoms in total. The third-order valence-corrected chi connectivity index (χ3v) is 5.48. The number of aromatic nitrogens is 1. The number of anilines is 1. The van der Waals surface area contributed by atoms with Crippen LogP contribution < -0.4 is 4.90 Å². The van der Waals surface area contributed by atoms with Gasteiger partial charge in [0.25, 0.3) is 0 Å². The molecule has 2 aromatic rings. The van der Waals surface area contributed by atoms with Crippen LogP contribution in [0.4, 0.5) is 5.82 Å². The first kappa shape index (κ1) is 17.5. The highest BCUT2D eigenvalue weighted by atomic mass is 16.2. The molecule has 3 rings (SSSR count). The highest BCUT2D eigenvalue weighted by molar-refractivity contribution is 5.88. The molecule has 1 amide bonds. The molecule has 1 aliphatic rings. The van der Waals surface area contributed by atoms with E-state index >= 15 is 0 Å². The molecule has 4 heteroatoms. The van der Waals surface area contributed by atoms with Crippen LogP contribution in [0.25, 0.3) is 0 Å². The van der Waals surface area contributed by atoms with Crippen molar-refractivity contribution in [3.63, 3.8) is 0 Å². The summed E-state index contributed by atoms with van der Waals surface area (Å²) in [6.45, 7) is 7.42. The van der Waals surface area contributed by atoms with Gasteiger partial charge in [0.1, 0.15) is 5.82 Å². The van der Waals surface area contributed by atoms with E-state index in [2.05, 4.69) is 35.9 Å². The lowest BCUT2D eigenvalue weighted by Gasteiger charge is -2.41. The number of rotatable bonds is 5. The summed E-state index contributed by atoms with van der Waals surface area (Å²) < 4.78 is 0. The Hall–Kier alpha value is -2.36. The molecular weight excluding hydrogens is 310 g/mol. The van der Waals surface area contributed by atoms with Crippen molar-refractivity contribution in [2.24, 2.45) is 0 Å². The molecular formula is C21H27N3O. The van der Waals surface area contributed by atoms with Gasteiger partial charge in [-0.1, -0.05) is 50.2 Å². The Morgan fingerprint density at radius 1 is 0.960 bits per heavy atom. The maximum atomic E-state index is 13.4. The maximum Gasteiger partial charge on any atom is 0.233 e. The summed E-state index contributed by atoms with van der Waals surface area (Å²) in [5.41, 5.74) is 0.728. The zero-order valence-electron chi connectivity index (χ0n) is 15.2. The molecule has 0 saturated carbocycles. The second-order valence-corrected chi connectivity index (χ2v) is 6.62. The van der Waals surface area contributed by atoms with Crippen LogP contribution in [0.3, 0.4) is 0 Å². The van der Waals surface area contributed by atoms with Crippen molar-refractivity contribution in [2.45, 2.75) is 32.1 Å². The Balaban J connectivity index is 1.74. The van der Waals surface area contributed by atoms with Crippen LogP contribution in [0.5, 0.6) is 0 Å². The molecule has 0 radical (unpaired) electrons. The van der Waals surface area contributed by atoms with Crippen molar-refractivity contribution in [3.05, 3.63) is 60.3 Å². The van der Waals surface area contributed by atoms with Gasteiger partial charge in [-0.05, 0) is 30.5 Å². The molecule has 0 unspecified atom stereocenters. The number of hydrogen-bond donors (Lipinski definition) is 0.